The lowest BCUT2D eigenvalue weighted by Gasteiger charge is -2.35. The average molecular weight is 180 g/mol. The van der Waals surface area contributed by atoms with Crippen LogP contribution in [-0.4, -0.2) is 24.2 Å². The van der Waals surface area contributed by atoms with Crippen LogP contribution in [0.1, 0.15) is 38.5 Å². The molecule has 0 bridgehead atoms. The second-order valence-corrected chi connectivity index (χ2v) is 4.08. The topological polar surface area (TPSA) is 15.3 Å². The van der Waals surface area contributed by atoms with Gasteiger partial charge in [0.2, 0.25) is 0 Å². The maximum Gasteiger partial charge on any atom is 0.0790 e. The second kappa shape index (κ2) is 4.66. The molecular weight excluding hydrogens is 160 g/mol. The Morgan fingerprint density at radius 2 is 2.15 bits per heavy atom. The maximum absolute atomic E-state index is 3.59. The minimum atomic E-state index is 0.628. The fraction of sp³-hybridized carbons (Fsp3) is 0.818. The molecule has 2 heteroatoms. The first-order valence-electron chi connectivity index (χ1n) is 5.62. The average Bonchev–Trinajstić information content (AvgIpc) is 2.28. The first-order valence-corrected chi connectivity index (χ1v) is 5.62. The van der Waals surface area contributed by atoms with E-state index in [0.29, 0.717) is 6.17 Å². The van der Waals surface area contributed by atoms with Crippen molar-refractivity contribution in [2.45, 2.75) is 44.7 Å². The van der Waals surface area contributed by atoms with Crippen molar-refractivity contribution in [1.29, 1.82) is 0 Å². The monoisotopic (exact) mass is 180 g/mol. The number of nitrogens with zero attached hydrogens (tertiary/aromatic N) is 1. The smallest absolute Gasteiger partial charge is 0.0790 e. The molecule has 2 aliphatic heterocycles. The summed E-state index contributed by atoms with van der Waals surface area (Å²) in [5.74, 6) is 0. The number of hydrogen-bond acceptors (Lipinski definition) is 2. The summed E-state index contributed by atoms with van der Waals surface area (Å²) in [6, 6.07) is 0. The van der Waals surface area contributed by atoms with Gasteiger partial charge in [0, 0.05) is 6.54 Å². The molecule has 0 saturated carbocycles. The van der Waals surface area contributed by atoms with Gasteiger partial charge >= 0.3 is 0 Å². The molecule has 2 aliphatic rings. The van der Waals surface area contributed by atoms with E-state index in [-0.39, 0.29) is 0 Å². The Hall–Kier alpha value is -0.500. The normalized spacial score (nSPS) is 30.2. The van der Waals surface area contributed by atoms with Crippen LogP contribution in [0.25, 0.3) is 0 Å². The molecule has 1 N–H and O–H groups in total. The summed E-state index contributed by atoms with van der Waals surface area (Å²) >= 11 is 0. The molecule has 0 aromatic rings. The zero-order chi connectivity index (χ0) is 8.93. The van der Waals surface area contributed by atoms with Crippen LogP contribution in [0.2, 0.25) is 0 Å². The Morgan fingerprint density at radius 3 is 3.15 bits per heavy atom. The molecule has 13 heavy (non-hydrogen) atoms. The van der Waals surface area contributed by atoms with Crippen molar-refractivity contribution in [2.75, 3.05) is 13.1 Å². The van der Waals surface area contributed by atoms with Crippen LogP contribution >= 0.6 is 0 Å². The van der Waals surface area contributed by atoms with E-state index >= 15 is 0 Å². The van der Waals surface area contributed by atoms with Gasteiger partial charge in [0.25, 0.3) is 0 Å². The second-order valence-electron chi connectivity index (χ2n) is 4.08. The first-order chi connectivity index (χ1) is 6.47. The lowest BCUT2D eigenvalue weighted by molar-refractivity contribution is 0.179. The molecule has 0 amide bonds. The molecule has 2 heterocycles. The van der Waals surface area contributed by atoms with E-state index in [1.807, 2.05) is 0 Å². The van der Waals surface area contributed by atoms with Crippen LogP contribution < -0.4 is 5.32 Å². The number of nitrogens with one attached hydrogen (secondary N) is 1. The lowest BCUT2D eigenvalue weighted by Crippen LogP contribution is -2.48. The number of rotatable bonds is 0. The van der Waals surface area contributed by atoms with Crippen molar-refractivity contribution < 1.29 is 0 Å². The third-order valence-corrected chi connectivity index (χ3v) is 3.02. The zero-order valence-electron chi connectivity index (χ0n) is 8.34. The van der Waals surface area contributed by atoms with Gasteiger partial charge in [-0.15, -0.1) is 0 Å². The SMILES string of the molecule is C1=CN2CCCNC2CCCCC1. The van der Waals surface area contributed by atoms with E-state index in [0.717, 1.165) is 0 Å². The van der Waals surface area contributed by atoms with Gasteiger partial charge in [-0.25, -0.2) is 0 Å². The van der Waals surface area contributed by atoms with Gasteiger partial charge in [-0.1, -0.05) is 18.9 Å². The molecule has 0 aromatic heterocycles. The molecule has 0 aromatic carbocycles. The molecule has 1 saturated heterocycles. The summed E-state index contributed by atoms with van der Waals surface area (Å²) < 4.78 is 0. The minimum absolute atomic E-state index is 0.628. The van der Waals surface area contributed by atoms with Gasteiger partial charge < -0.3 is 4.90 Å². The van der Waals surface area contributed by atoms with E-state index in [9.17, 15) is 0 Å². The molecule has 0 radical (unpaired) electrons. The molecule has 0 aliphatic carbocycles. The highest BCUT2D eigenvalue weighted by Crippen LogP contribution is 2.15. The fourth-order valence-electron chi connectivity index (χ4n) is 2.24. The van der Waals surface area contributed by atoms with Gasteiger partial charge in [0.1, 0.15) is 0 Å². The largest absolute Gasteiger partial charge is 0.362 e. The molecular formula is C11H20N2. The third-order valence-electron chi connectivity index (χ3n) is 3.02. The van der Waals surface area contributed by atoms with Gasteiger partial charge in [0.05, 0.1) is 6.17 Å². The van der Waals surface area contributed by atoms with Crippen LogP contribution in [0.5, 0.6) is 0 Å². The standard InChI is InChI=1S/C11H20N2/c1-2-4-7-11-12-8-6-10-13(11)9-5-3-1/h5,9,11-12H,1-4,6-8,10H2. The van der Waals surface area contributed by atoms with Crippen molar-refractivity contribution in [3.05, 3.63) is 12.3 Å². The first kappa shape index (κ1) is 9.07. The van der Waals surface area contributed by atoms with Crippen molar-refractivity contribution in [1.82, 2.24) is 10.2 Å². The summed E-state index contributed by atoms with van der Waals surface area (Å²) in [5.41, 5.74) is 0. The molecule has 1 fully saturated rings. The van der Waals surface area contributed by atoms with Crippen molar-refractivity contribution in [3.8, 4) is 0 Å². The van der Waals surface area contributed by atoms with Crippen molar-refractivity contribution >= 4 is 0 Å². The number of allylic oxidation sites excluding steroid dienone is 1. The molecule has 2 rings (SSSR count). The Labute approximate surface area is 81.0 Å². The van der Waals surface area contributed by atoms with Crippen LogP contribution in [0, 0.1) is 0 Å². The predicted octanol–water partition coefficient (Wildman–Crippen LogP) is 2.09. The lowest BCUT2D eigenvalue weighted by atomic mass is 10.1. The van der Waals surface area contributed by atoms with Crippen LogP contribution in [0.3, 0.4) is 0 Å². The van der Waals surface area contributed by atoms with E-state index in [2.05, 4.69) is 22.5 Å². The minimum Gasteiger partial charge on any atom is -0.362 e. The molecule has 1 unspecified atom stereocenters. The Kier molecular flexibility index (Phi) is 3.25. The van der Waals surface area contributed by atoms with Gasteiger partial charge in [-0.2, -0.15) is 0 Å². The van der Waals surface area contributed by atoms with Crippen molar-refractivity contribution in [3.63, 3.8) is 0 Å². The van der Waals surface area contributed by atoms with E-state index in [1.54, 1.807) is 0 Å². The Morgan fingerprint density at radius 1 is 1.15 bits per heavy atom. The number of fused-ring (bicyclic) bond motifs is 1. The van der Waals surface area contributed by atoms with E-state index < -0.39 is 0 Å². The van der Waals surface area contributed by atoms with Crippen LogP contribution in [-0.2, 0) is 0 Å². The maximum atomic E-state index is 3.59. The van der Waals surface area contributed by atoms with Gasteiger partial charge in [0.15, 0.2) is 0 Å². The summed E-state index contributed by atoms with van der Waals surface area (Å²) in [5, 5.41) is 3.59. The summed E-state index contributed by atoms with van der Waals surface area (Å²) in [4.78, 5) is 2.48. The van der Waals surface area contributed by atoms with Crippen molar-refractivity contribution in [2.24, 2.45) is 0 Å². The molecule has 1 atom stereocenters. The fourth-order valence-corrected chi connectivity index (χ4v) is 2.24. The Bertz CT molecular complexity index is 177. The summed E-state index contributed by atoms with van der Waals surface area (Å²) in [6.07, 6.45) is 13.3. The van der Waals surface area contributed by atoms with E-state index in [1.165, 1.54) is 51.6 Å². The zero-order valence-corrected chi connectivity index (χ0v) is 8.34. The van der Waals surface area contributed by atoms with Gasteiger partial charge in [-0.05, 0) is 38.4 Å². The Balaban J connectivity index is 1.97. The highest BCUT2D eigenvalue weighted by molar-refractivity contribution is 4.89. The van der Waals surface area contributed by atoms with Gasteiger partial charge in [-0.3, -0.25) is 5.32 Å². The van der Waals surface area contributed by atoms with E-state index in [4.69, 9.17) is 0 Å². The quantitative estimate of drug-likeness (QED) is 0.614. The van der Waals surface area contributed by atoms with Crippen LogP contribution in [0.4, 0.5) is 0 Å². The summed E-state index contributed by atoms with van der Waals surface area (Å²) in [7, 11) is 0. The number of hydrogen-bond donors (Lipinski definition) is 1. The van der Waals surface area contributed by atoms with Crippen LogP contribution in [0.15, 0.2) is 12.3 Å². The highest BCUT2D eigenvalue weighted by atomic mass is 15.3. The predicted molar refractivity (Wildman–Crippen MR) is 55.3 cm³/mol. The highest BCUT2D eigenvalue weighted by Gasteiger charge is 2.18. The molecule has 2 nitrogen and oxygen atoms in total. The molecule has 74 valence electrons. The third kappa shape index (κ3) is 2.47. The summed E-state index contributed by atoms with van der Waals surface area (Å²) in [6.45, 7) is 2.45. The molecule has 0 spiro atoms.